The Morgan fingerprint density at radius 2 is 0.453 bits per heavy atom. The number of esters is 4. The zero-order valence-electron chi connectivity index (χ0n) is 70.1. The minimum absolute atomic E-state index is 0.106. The maximum atomic E-state index is 13.2. The van der Waals surface area contributed by atoms with Gasteiger partial charge in [0.15, 0.2) is 12.2 Å². The average molecular weight is 1550 g/mol. The number of ether oxygens (including phenoxy) is 4. The van der Waals surface area contributed by atoms with Crippen LogP contribution in [0.1, 0.15) is 453 Å². The molecular weight excluding hydrogens is 1380 g/mol. The third-order valence-electron chi connectivity index (χ3n) is 21.0. The van der Waals surface area contributed by atoms with E-state index < -0.39 is 97.5 Å². The molecule has 0 rings (SSSR count). The first kappa shape index (κ1) is 104. The first-order valence-electron chi connectivity index (χ1n) is 44.8. The molecule has 0 amide bonds. The second-order valence-corrected chi connectivity index (χ2v) is 35.6. The maximum Gasteiger partial charge on any atom is 0.472 e. The molecule has 0 spiro atoms. The Bertz CT molecular complexity index is 2060. The molecule has 0 heterocycles. The molecule has 106 heavy (non-hydrogen) atoms. The summed E-state index contributed by atoms with van der Waals surface area (Å²) in [5.41, 5.74) is 0. The van der Waals surface area contributed by atoms with Crippen LogP contribution in [-0.4, -0.2) is 96.7 Å². The van der Waals surface area contributed by atoms with E-state index in [1.807, 2.05) is 0 Å². The Kier molecular flexibility index (Phi) is 74.3. The largest absolute Gasteiger partial charge is 0.472 e. The standard InChI is InChI=1S/C87H170O17P2/c1-9-79(7)65-57-49-41-33-25-21-17-13-11-12-14-18-23-27-36-45-53-61-69-86(91)103-82(73-97-84(89)67-59-51-43-35-26-22-19-15-16-20-24-31-39-47-55-63-77(3)4)75-101-105(93,94)99-71-81(88)72-100-106(95,96)102-76-83(74-98-85(90)68-60-52-44-38-30-32-40-48-56-64-78(5)6)104-87(92)70-62-54-46-37-29-28-34-42-50-58-66-80(8)10-2/h77-83,88H,9-76H2,1-8H3,(H,93,94)(H,95,96)/t79?,80?,81-,82-,83-/m1/s1. The number of carbonyl (C=O) groups is 4. The Morgan fingerprint density at radius 3 is 0.670 bits per heavy atom. The van der Waals surface area contributed by atoms with E-state index in [1.165, 1.54) is 257 Å². The van der Waals surface area contributed by atoms with Crippen molar-refractivity contribution in [3.8, 4) is 0 Å². The van der Waals surface area contributed by atoms with Gasteiger partial charge in [-0.05, 0) is 49.4 Å². The van der Waals surface area contributed by atoms with E-state index in [1.54, 1.807) is 0 Å². The van der Waals surface area contributed by atoms with Gasteiger partial charge >= 0.3 is 39.5 Å². The van der Waals surface area contributed by atoms with Crippen LogP contribution in [0.15, 0.2) is 0 Å². The Balaban J connectivity index is 5.25. The molecule has 0 aromatic carbocycles. The van der Waals surface area contributed by atoms with Gasteiger partial charge in [-0.2, -0.15) is 0 Å². The molecule has 0 aliphatic carbocycles. The van der Waals surface area contributed by atoms with E-state index in [0.29, 0.717) is 25.7 Å². The van der Waals surface area contributed by atoms with Crippen LogP contribution < -0.4 is 0 Å². The van der Waals surface area contributed by atoms with E-state index in [2.05, 4.69) is 55.4 Å². The molecule has 0 bridgehead atoms. The lowest BCUT2D eigenvalue weighted by molar-refractivity contribution is -0.161. The quantitative estimate of drug-likeness (QED) is 0.0222. The lowest BCUT2D eigenvalue weighted by Crippen LogP contribution is -2.30. The van der Waals surface area contributed by atoms with Gasteiger partial charge in [0, 0.05) is 25.7 Å². The summed E-state index contributed by atoms with van der Waals surface area (Å²) < 4.78 is 68.9. The zero-order chi connectivity index (χ0) is 78.1. The number of aliphatic hydroxyl groups is 1. The van der Waals surface area contributed by atoms with Crippen molar-refractivity contribution in [2.75, 3.05) is 39.6 Å². The average Bonchev–Trinajstić information content (AvgIpc) is 0.912. The molecule has 0 radical (unpaired) electrons. The highest BCUT2D eigenvalue weighted by molar-refractivity contribution is 7.47. The van der Waals surface area contributed by atoms with Crippen LogP contribution in [-0.2, 0) is 65.4 Å². The van der Waals surface area contributed by atoms with Crippen LogP contribution in [0.25, 0.3) is 0 Å². The predicted octanol–water partition coefficient (Wildman–Crippen LogP) is 26.3. The van der Waals surface area contributed by atoms with Crippen LogP contribution in [0.3, 0.4) is 0 Å². The van der Waals surface area contributed by atoms with Crippen molar-refractivity contribution in [1.29, 1.82) is 0 Å². The molecule has 0 aliphatic heterocycles. The molecule has 4 unspecified atom stereocenters. The summed E-state index contributed by atoms with van der Waals surface area (Å²) in [4.78, 5) is 73.3. The lowest BCUT2D eigenvalue weighted by Gasteiger charge is -2.21. The van der Waals surface area contributed by atoms with Crippen molar-refractivity contribution >= 4 is 39.5 Å². The number of hydrogen-bond donors (Lipinski definition) is 3. The van der Waals surface area contributed by atoms with Crippen LogP contribution in [0.4, 0.5) is 0 Å². The summed E-state index contributed by atoms with van der Waals surface area (Å²) in [6.45, 7) is 14.4. The number of hydrogen-bond acceptors (Lipinski definition) is 15. The molecule has 7 atom stereocenters. The minimum Gasteiger partial charge on any atom is -0.462 e. The van der Waals surface area contributed by atoms with Gasteiger partial charge < -0.3 is 33.8 Å². The molecule has 0 aromatic heterocycles. The fourth-order valence-corrected chi connectivity index (χ4v) is 15.0. The number of phosphoric ester groups is 2. The maximum absolute atomic E-state index is 13.2. The summed E-state index contributed by atoms with van der Waals surface area (Å²) in [5, 5.41) is 10.7. The lowest BCUT2D eigenvalue weighted by atomic mass is 9.99. The van der Waals surface area contributed by atoms with Crippen LogP contribution in [0, 0.1) is 23.7 Å². The summed E-state index contributed by atoms with van der Waals surface area (Å²) in [6.07, 6.45) is 65.2. The van der Waals surface area contributed by atoms with Gasteiger partial charge in [0.1, 0.15) is 19.3 Å². The van der Waals surface area contributed by atoms with Crippen molar-refractivity contribution < 1.29 is 80.2 Å². The van der Waals surface area contributed by atoms with Crippen LogP contribution >= 0.6 is 15.6 Å². The summed E-state index contributed by atoms with van der Waals surface area (Å²) in [7, 11) is -9.93. The summed E-state index contributed by atoms with van der Waals surface area (Å²) in [5.74, 6) is 1.12. The first-order valence-corrected chi connectivity index (χ1v) is 47.8. The second kappa shape index (κ2) is 75.7. The van der Waals surface area contributed by atoms with E-state index in [9.17, 15) is 43.2 Å². The molecule has 630 valence electrons. The van der Waals surface area contributed by atoms with E-state index >= 15 is 0 Å². The Hall–Kier alpha value is -1.94. The third kappa shape index (κ3) is 77.4. The molecule has 3 N–H and O–H groups in total. The van der Waals surface area contributed by atoms with E-state index in [0.717, 1.165) is 114 Å². The number of phosphoric acid groups is 2. The normalized spacial score (nSPS) is 14.4. The van der Waals surface area contributed by atoms with E-state index in [-0.39, 0.29) is 25.7 Å². The van der Waals surface area contributed by atoms with Crippen LogP contribution in [0.2, 0.25) is 0 Å². The Labute approximate surface area is 651 Å². The molecule has 0 fully saturated rings. The highest BCUT2D eigenvalue weighted by atomic mass is 31.2. The monoisotopic (exact) mass is 1550 g/mol. The minimum atomic E-state index is -4.97. The molecular formula is C87H170O17P2. The van der Waals surface area contributed by atoms with Crippen molar-refractivity contribution in [3.05, 3.63) is 0 Å². The summed E-state index contributed by atoms with van der Waals surface area (Å²) >= 11 is 0. The van der Waals surface area contributed by atoms with Crippen molar-refractivity contribution in [3.63, 3.8) is 0 Å². The Morgan fingerprint density at radius 1 is 0.264 bits per heavy atom. The zero-order valence-corrected chi connectivity index (χ0v) is 71.9. The molecule has 0 saturated heterocycles. The fourth-order valence-electron chi connectivity index (χ4n) is 13.4. The highest BCUT2D eigenvalue weighted by Crippen LogP contribution is 2.45. The predicted molar refractivity (Wildman–Crippen MR) is 437 cm³/mol. The van der Waals surface area contributed by atoms with E-state index in [4.69, 9.17) is 37.0 Å². The van der Waals surface area contributed by atoms with Gasteiger partial charge in [0.05, 0.1) is 26.4 Å². The molecule has 0 aliphatic rings. The molecule has 0 saturated carbocycles. The molecule has 0 aromatic rings. The topological polar surface area (TPSA) is 237 Å². The third-order valence-corrected chi connectivity index (χ3v) is 22.9. The van der Waals surface area contributed by atoms with Gasteiger partial charge in [-0.15, -0.1) is 0 Å². The van der Waals surface area contributed by atoms with Gasteiger partial charge in [0.2, 0.25) is 0 Å². The smallest absolute Gasteiger partial charge is 0.462 e. The van der Waals surface area contributed by atoms with Gasteiger partial charge in [-0.25, -0.2) is 9.13 Å². The first-order chi connectivity index (χ1) is 51.2. The number of carbonyl (C=O) groups excluding carboxylic acids is 4. The highest BCUT2D eigenvalue weighted by Gasteiger charge is 2.31. The van der Waals surface area contributed by atoms with Crippen molar-refractivity contribution in [2.45, 2.75) is 472 Å². The van der Waals surface area contributed by atoms with Crippen LogP contribution in [0.5, 0.6) is 0 Å². The van der Waals surface area contributed by atoms with Crippen molar-refractivity contribution in [1.82, 2.24) is 0 Å². The molecule has 17 nitrogen and oxygen atoms in total. The van der Waals surface area contributed by atoms with Crippen molar-refractivity contribution in [2.24, 2.45) is 23.7 Å². The second-order valence-electron chi connectivity index (χ2n) is 32.7. The molecule has 19 heteroatoms. The SMILES string of the molecule is CCC(C)CCCCCCCCCCCCCCCCCCCCC(=O)O[C@H](COC(=O)CCCCCCCCCCCCCCCCCC(C)C)COP(=O)(O)OC[C@@H](O)COP(=O)(O)OC[C@@H](COC(=O)CCCCCCCCCCCC(C)C)OC(=O)CCCCCCCCCCCCC(C)CC. The van der Waals surface area contributed by atoms with Gasteiger partial charge in [-0.3, -0.25) is 37.3 Å². The number of rotatable bonds is 84. The summed E-state index contributed by atoms with van der Waals surface area (Å²) in [6, 6.07) is 0. The number of unbranched alkanes of at least 4 members (excludes halogenated alkanes) is 48. The fraction of sp³-hybridized carbons (Fsp3) is 0.954. The van der Waals surface area contributed by atoms with Gasteiger partial charge in [0.25, 0.3) is 0 Å². The van der Waals surface area contributed by atoms with Gasteiger partial charge in [-0.1, -0.05) is 402 Å². The number of aliphatic hydroxyl groups excluding tert-OH is 1.